The van der Waals surface area contributed by atoms with Crippen LogP contribution in [0.15, 0.2) is 6.07 Å². The van der Waals surface area contributed by atoms with Gasteiger partial charge in [0.15, 0.2) is 0 Å². The van der Waals surface area contributed by atoms with Crippen molar-refractivity contribution in [2.24, 2.45) is 0 Å². The topological polar surface area (TPSA) is 37.8 Å². The van der Waals surface area contributed by atoms with Gasteiger partial charge in [-0.1, -0.05) is 27.7 Å². The zero-order chi connectivity index (χ0) is 12.9. The molecule has 0 unspecified atom stereocenters. The molecule has 3 nitrogen and oxygen atoms in total. The molecule has 1 N–H and O–H groups in total. The lowest BCUT2D eigenvalue weighted by molar-refractivity contribution is 0.564. The lowest BCUT2D eigenvalue weighted by Crippen LogP contribution is -2.16. The van der Waals surface area contributed by atoms with E-state index in [1.54, 1.807) is 11.8 Å². The summed E-state index contributed by atoms with van der Waals surface area (Å²) in [7, 11) is 0. The minimum Gasteiger partial charge on any atom is -0.370 e. The predicted molar refractivity (Wildman–Crippen MR) is 76.7 cm³/mol. The van der Waals surface area contributed by atoms with Crippen molar-refractivity contribution in [3.8, 4) is 0 Å². The minimum absolute atomic E-state index is 0.0682. The van der Waals surface area contributed by atoms with Crippen LogP contribution in [-0.2, 0) is 11.2 Å². The molecule has 0 aromatic carbocycles. The second-order valence-corrected chi connectivity index (χ2v) is 6.03. The molecule has 0 saturated carbocycles. The number of anilines is 1. The molecule has 0 aliphatic heterocycles. The Hall–Kier alpha value is -0.770. The molecule has 0 bridgehead atoms. The lowest BCUT2D eigenvalue weighted by atomic mass is 9.92. The number of thioether (sulfide) groups is 1. The van der Waals surface area contributed by atoms with Crippen molar-refractivity contribution in [2.75, 3.05) is 18.1 Å². The first-order chi connectivity index (χ1) is 7.97. The monoisotopic (exact) mass is 253 g/mol. The first-order valence-electron chi connectivity index (χ1n) is 6.08. The van der Waals surface area contributed by atoms with Crippen LogP contribution in [0.25, 0.3) is 0 Å². The molecule has 0 fully saturated rings. The Morgan fingerprint density at radius 2 is 2.00 bits per heavy atom. The predicted octanol–water partition coefficient (Wildman–Crippen LogP) is 3.46. The minimum atomic E-state index is 0.0682. The van der Waals surface area contributed by atoms with Crippen molar-refractivity contribution >= 4 is 17.6 Å². The Bertz CT molecular complexity index is 358. The molecular formula is C13H23N3S. The van der Waals surface area contributed by atoms with E-state index in [1.165, 1.54) is 0 Å². The Morgan fingerprint density at radius 3 is 2.53 bits per heavy atom. The van der Waals surface area contributed by atoms with E-state index in [0.717, 1.165) is 36.1 Å². The van der Waals surface area contributed by atoms with Gasteiger partial charge in [-0.2, -0.15) is 11.8 Å². The fourth-order valence-electron chi connectivity index (χ4n) is 1.42. The van der Waals surface area contributed by atoms with Crippen molar-refractivity contribution in [3.05, 3.63) is 17.6 Å². The molecule has 1 rings (SSSR count). The maximum Gasteiger partial charge on any atom is 0.140 e. The normalized spacial score (nSPS) is 11.6. The molecule has 0 atom stereocenters. The van der Waals surface area contributed by atoms with Gasteiger partial charge in [0.05, 0.1) is 11.4 Å². The summed E-state index contributed by atoms with van der Waals surface area (Å²) >= 11 is 1.75. The summed E-state index contributed by atoms with van der Waals surface area (Å²) in [5.41, 5.74) is 1.17. The van der Waals surface area contributed by atoms with E-state index in [2.05, 4.69) is 55.3 Å². The average Bonchev–Trinajstić information content (AvgIpc) is 2.25. The van der Waals surface area contributed by atoms with E-state index in [-0.39, 0.29) is 5.41 Å². The average molecular weight is 253 g/mol. The summed E-state index contributed by atoms with van der Waals surface area (Å²) in [5, 5.41) is 3.35. The molecule has 1 aromatic rings. The van der Waals surface area contributed by atoms with Crippen molar-refractivity contribution in [3.63, 3.8) is 0 Å². The third-order valence-corrected chi connectivity index (χ3v) is 2.92. The highest BCUT2D eigenvalue weighted by molar-refractivity contribution is 7.97. The van der Waals surface area contributed by atoms with Gasteiger partial charge in [0.1, 0.15) is 11.6 Å². The molecule has 0 amide bonds. The summed E-state index contributed by atoms with van der Waals surface area (Å²) in [6, 6.07) is 2.07. The third kappa shape index (κ3) is 4.54. The summed E-state index contributed by atoms with van der Waals surface area (Å²) < 4.78 is 0. The number of hydrogen-bond donors (Lipinski definition) is 1. The van der Waals surface area contributed by atoms with E-state index in [4.69, 9.17) is 0 Å². The Labute approximate surface area is 109 Å². The van der Waals surface area contributed by atoms with Crippen LogP contribution in [-0.4, -0.2) is 22.8 Å². The zero-order valence-corrected chi connectivity index (χ0v) is 12.3. The number of rotatable bonds is 5. The molecule has 1 aromatic heterocycles. The Balaban J connectivity index is 3.01. The molecule has 0 spiro atoms. The highest BCUT2D eigenvalue weighted by atomic mass is 32.2. The number of nitrogens with zero attached hydrogens (tertiary/aromatic N) is 2. The standard InChI is InChI=1S/C13H23N3S/c1-6-7-14-11-8-10(13(2,3)4)15-12(16-11)9-17-5/h8H,6-7,9H2,1-5H3,(H,14,15,16). The van der Waals surface area contributed by atoms with Crippen molar-refractivity contribution < 1.29 is 0 Å². The van der Waals surface area contributed by atoms with Crippen molar-refractivity contribution in [2.45, 2.75) is 45.3 Å². The molecule has 96 valence electrons. The highest BCUT2D eigenvalue weighted by Gasteiger charge is 2.17. The van der Waals surface area contributed by atoms with Crippen LogP contribution in [0.3, 0.4) is 0 Å². The van der Waals surface area contributed by atoms with Gasteiger partial charge in [0.2, 0.25) is 0 Å². The van der Waals surface area contributed by atoms with E-state index < -0.39 is 0 Å². The highest BCUT2D eigenvalue weighted by Crippen LogP contribution is 2.23. The van der Waals surface area contributed by atoms with Gasteiger partial charge in [0, 0.05) is 18.0 Å². The van der Waals surface area contributed by atoms with Gasteiger partial charge in [-0.3, -0.25) is 0 Å². The van der Waals surface area contributed by atoms with Crippen LogP contribution in [0, 0.1) is 0 Å². The van der Waals surface area contributed by atoms with Crippen LogP contribution in [0.4, 0.5) is 5.82 Å². The Kier molecular flexibility index (Phi) is 5.25. The number of nitrogens with one attached hydrogen (secondary N) is 1. The molecule has 0 aliphatic rings. The number of aromatic nitrogens is 2. The molecule has 0 saturated heterocycles. The van der Waals surface area contributed by atoms with Gasteiger partial charge < -0.3 is 5.32 Å². The van der Waals surface area contributed by atoms with Gasteiger partial charge in [0.25, 0.3) is 0 Å². The van der Waals surface area contributed by atoms with Gasteiger partial charge >= 0.3 is 0 Å². The molecular weight excluding hydrogens is 230 g/mol. The third-order valence-electron chi connectivity index (χ3n) is 2.37. The molecule has 4 heteroatoms. The van der Waals surface area contributed by atoms with E-state index >= 15 is 0 Å². The largest absolute Gasteiger partial charge is 0.370 e. The van der Waals surface area contributed by atoms with Gasteiger partial charge in [-0.05, 0) is 12.7 Å². The molecule has 17 heavy (non-hydrogen) atoms. The molecule has 0 aliphatic carbocycles. The second kappa shape index (κ2) is 6.24. The molecule has 1 heterocycles. The second-order valence-electron chi connectivity index (χ2n) is 5.16. The number of hydrogen-bond acceptors (Lipinski definition) is 4. The van der Waals surface area contributed by atoms with Crippen LogP contribution < -0.4 is 5.32 Å². The van der Waals surface area contributed by atoms with Crippen LogP contribution >= 0.6 is 11.8 Å². The zero-order valence-electron chi connectivity index (χ0n) is 11.5. The SMILES string of the molecule is CCCNc1cc(C(C)(C)C)nc(CSC)n1. The van der Waals surface area contributed by atoms with Crippen molar-refractivity contribution in [1.82, 2.24) is 9.97 Å². The Morgan fingerprint density at radius 1 is 1.29 bits per heavy atom. The van der Waals surface area contributed by atoms with Crippen LogP contribution in [0.2, 0.25) is 0 Å². The van der Waals surface area contributed by atoms with Crippen LogP contribution in [0.5, 0.6) is 0 Å². The first kappa shape index (κ1) is 14.3. The van der Waals surface area contributed by atoms with E-state index in [9.17, 15) is 0 Å². The van der Waals surface area contributed by atoms with E-state index in [0.29, 0.717) is 0 Å². The first-order valence-corrected chi connectivity index (χ1v) is 7.48. The maximum absolute atomic E-state index is 4.63. The summed E-state index contributed by atoms with van der Waals surface area (Å²) in [6.07, 6.45) is 3.18. The quantitative estimate of drug-likeness (QED) is 0.872. The maximum atomic E-state index is 4.63. The van der Waals surface area contributed by atoms with Crippen LogP contribution in [0.1, 0.15) is 45.6 Å². The lowest BCUT2D eigenvalue weighted by Gasteiger charge is -2.19. The smallest absolute Gasteiger partial charge is 0.140 e. The fourth-order valence-corrected chi connectivity index (χ4v) is 1.81. The van der Waals surface area contributed by atoms with Gasteiger partial charge in [-0.25, -0.2) is 9.97 Å². The molecule has 0 radical (unpaired) electrons. The fraction of sp³-hybridized carbons (Fsp3) is 0.692. The summed E-state index contributed by atoms with van der Waals surface area (Å²) in [6.45, 7) is 9.66. The van der Waals surface area contributed by atoms with Gasteiger partial charge in [-0.15, -0.1) is 0 Å². The van der Waals surface area contributed by atoms with E-state index in [1.807, 2.05) is 0 Å². The van der Waals surface area contributed by atoms with Crippen molar-refractivity contribution in [1.29, 1.82) is 0 Å². The summed E-state index contributed by atoms with van der Waals surface area (Å²) in [5.74, 6) is 2.74. The summed E-state index contributed by atoms with van der Waals surface area (Å²) in [4.78, 5) is 9.16.